The Morgan fingerprint density at radius 2 is 1.97 bits per heavy atom. The lowest BCUT2D eigenvalue weighted by molar-refractivity contribution is 0.253. The minimum absolute atomic E-state index is 0.311. The monoisotopic (exact) mass is 457 g/mol. The highest BCUT2D eigenvalue weighted by atomic mass is 35.5. The van der Waals surface area contributed by atoms with Gasteiger partial charge in [-0.05, 0) is 80.7 Å². The predicted octanol–water partition coefficient (Wildman–Crippen LogP) is 5.15. The van der Waals surface area contributed by atoms with Crippen LogP contribution in [-0.4, -0.2) is 42.6 Å². The summed E-state index contributed by atoms with van der Waals surface area (Å²) in [6.07, 6.45) is 5.27. The number of hydrogen-bond donors (Lipinski definition) is 2. The first-order valence-electron chi connectivity index (χ1n) is 10.6. The Labute approximate surface area is 191 Å². The molecule has 162 valence electrons. The molecule has 2 aliphatic rings. The van der Waals surface area contributed by atoms with Crippen molar-refractivity contribution in [2.24, 2.45) is 5.73 Å². The molecule has 8 heteroatoms. The quantitative estimate of drug-likeness (QED) is 0.571. The zero-order valence-electron chi connectivity index (χ0n) is 17.4. The second-order valence-electron chi connectivity index (χ2n) is 8.44. The lowest BCUT2D eigenvalue weighted by Crippen LogP contribution is -2.49. The highest BCUT2D eigenvalue weighted by Gasteiger charge is 2.31. The van der Waals surface area contributed by atoms with Crippen LogP contribution in [0.1, 0.15) is 29.9 Å². The van der Waals surface area contributed by atoms with Crippen molar-refractivity contribution in [1.29, 1.82) is 0 Å². The van der Waals surface area contributed by atoms with Gasteiger partial charge in [0, 0.05) is 23.6 Å². The molecule has 0 unspecified atom stereocenters. The average Bonchev–Trinajstić information content (AvgIpc) is 3.34. The van der Waals surface area contributed by atoms with Crippen LogP contribution in [0.4, 0.5) is 16.2 Å². The lowest BCUT2D eigenvalue weighted by atomic mass is 9.89. The third-order valence-corrected chi connectivity index (χ3v) is 7.36. The molecule has 0 radical (unpaired) electrons. The molecule has 3 heterocycles. The van der Waals surface area contributed by atoms with Gasteiger partial charge in [0.05, 0.1) is 21.4 Å². The Morgan fingerprint density at radius 3 is 2.71 bits per heavy atom. The Bertz CT molecular complexity index is 1150. The number of likely N-dealkylation sites (tertiary alicyclic amines) is 1. The summed E-state index contributed by atoms with van der Waals surface area (Å²) in [4.78, 5) is 18.4. The van der Waals surface area contributed by atoms with Crippen LogP contribution >= 0.6 is 23.2 Å². The molecular weight excluding hydrogens is 433 g/mol. The number of hydrazine groups is 1. The van der Waals surface area contributed by atoms with Gasteiger partial charge in [-0.25, -0.2) is 9.80 Å². The second-order valence-corrected chi connectivity index (χ2v) is 9.23. The van der Waals surface area contributed by atoms with Crippen LogP contribution in [0.25, 0.3) is 10.9 Å². The zero-order chi connectivity index (χ0) is 21.7. The molecule has 1 saturated heterocycles. The summed E-state index contributed by atoms with van der Waals surface area (Å²) >= 11 is 12.6. The van der Waals surface area contributed by atoms with Crippen LogP contribution in [-0.2, 0) is 6.42 Å². The minimum Gasteiger partial charge on any atom is -0.361 e. The normalized spacial score (nSPS) is 17.3. The maximum absolute atomic E-state index is 12.5. The van der Waals surface area contributed by atoms with Crippen LogP contribution in [0, 0.1) is 0 Å². The smallest absolute Gasteiger partial charge is 0.338 e. The molecule has 0 atom stereocenters. The minimum atomic E-state index is -0.596. The first-order valence-corrected chi connectivity index (χ1v) is 11.3. The topological polar surface area (TPSA) is 68.6 Å². The number of halogens is 2. The number of nitrogens with one attached hydrogen (secondary N) is 1. The van der Waals surface area contributed by atoms with Gasteiger partial charge in [0.2, 0.25) is 0 Å². The van der Waals surface area contributed by atoms with Crippen molar-refractivity contribution >= 4 is 51.5 Å². The summed E-state index contributed by atoms with van der Waals surface area (Å²) < 4.78 is 0. The molecule has 0 spiro atoms. The Kier molecular flexibility index (Phi) is 5.24. The number of H-pyrrole nitrogens is 1. The van der Waals surface area contributed by atoms with Crippen molar-refractivity contribution in [3.05, 3.63) is 57.7 Å². The largest absolute Gasteiger partial charge is 0.361 e. The van der Waals surface area contributed by atoms with E-state index in [1.807, 2.05) is 5.01 Å². The fourth-order valence-electron chi connectivity index (χ4n) is 4.90. The van der Waals surface area contributed by atoms with Gasteiger partial charge in [-0.15, -0.1) is 0 Å². The maximum Gasteiger partial charge on any atom is 0.338 e. The third kappa shape index (κ3) is 3.53. The van der Waals surface area contributed by atoms with Crippen LogP contribution in [0.5, 0.6) is 0 Å². The first-order chi connectivity index (χ1) is 14.9. The maximum atomic E-state index is 12.5. The van der Waals surface area contributed by atoms with E-state index < -0.39 is 6.03 Å². The van der Waals surface area contributed by atoms with Gasteiger partial charge < -0.3 is 15.6 Å². The molecule has 0 saturated carbocycles. The molecule has 1 aromatic heterocycles. The number of nitrogens with zero attached hydrogens (tertiary/aromatic N) is 3. The summed E-state index contributed by atoms with van der Waals surface area (Å²) in [7, 11) is 2.18. The van der Waals surface area contributed by atoms with Crippen molar-refractivity contribution in [2.75, 3.05) is 36.7 Å². The molecule has 3 aromatic rings. The fourth-order valence-corrected chi connectivity index (χ4v) is 5.28. The van der Waals surface area contributed by atoms with Crippen LogP contribution < -0.4 is 15.8 Å². The van der Waals surface area contributed by atoms with E-state index in [2.05, 4.69) is 35.3 Å². The van der Waals surface area contributed by atoms with Crippen LogP contribution in [0.3, 0.4) is 0 Å². The number of rotatable bonds is 3. The van der Waals surface area contributed by atoms with E-state index in [0.29, 0.717) is 28.2 Å². The average molecular weight is 458 g/mol. The summed E-state index contributed by atoms with van der Waals surface area (Å²) in [5.41, 5.74) is 10.9. The number of aromatic nitrogens is 1. The summed E-state index contributed by atoms with van der Waals surface area (Å²) in [5.74, 6) is 0.535. The van der Waals surface area contributed by atoms with Crippen molar-refractivity contribution in [3.8, 4) is 0 Å². The van der Waals surface area contributed by atoms with Gasteiger partial charge in [-0.3, -0.25) is 5.01 Å². The number of benzene rings is 2. The van der Waals surface area contributed by atoms with Gasteiger partial charge >= 0.3 is 6.03 Å². The Hall–Kier alpha value is -2.41. The molecule has 31 heavy (non-hydrogen) atoms. The van der Waals surface area contributed by atoms with Gasteiger partial charge in [0.25, 0.3) is 0 Å². The highest BCUT2D eigenvalue weighted by molar-refractivity contribution is 6.44. The molecule has 1 fully saturated rings. The third-order valence-electron chi connectivity index (χ3n) is 6.55. The summed E-state index contributed by atoms with van der Waals surface area (Å²) in [6, 6.07) is 9.02. The summed E-state index contributed by atoms with van der Waals surface area (Å²) in [6.45, 7) is 2.85. The van der Waals surface area contributed by atoms with Crippen molar-refractivity contribution in [1.82, 2.24) is 9.88 Å². The molecule has 6 nitrogen and oxygen atoms in total. The van der Waals surface area contributed by atoms with Crippen molar-refractivity contribution in [3.63, 3.8) is 0 Å². The molecule has 2 aromatic carbocycles. The van der Waals surface area contributed by atoms with Gasteiger partial charge in [-0.2, -0.15) is 0 Å². The zero-order valence-corrected chi connectivity index (χ0v) is 18.9. The number of nitrogens with two attached hydrogens (primary N) is 1. The highest BCUT2D eigenvalue weighted by Crippen LogP contribution is 2.41. The number of anilines is 2. The van der Waals surface area contributed by atoms with E-state index in [0.717, 1.165) is 43.6 Å². The molecule has 2 aliphatic heterocycles. The van der Waals surface area contributed by atoms with E-state index in [4.69, 9.17) is 28.9 Å². The fraction of sp³-hybridized carbons (Fsp3) is 0.348. The Balaban J connectivity index is 1.57. The second kappa shape index (κ2) is 7.93. The molecule has 0 aliphatic carbocycles. The van der Waals surface area contributed by atoms with E-state index in [9.17, 15) is 4.79 Å². The summed E-state index contributed by atoms with van der Waals surface area (Å²) in [5, 5.41) is 5.26. The lowest BCUT2D eigenvalue weighted by Gasteiger charge is -2.33. The van der Waals surface area contributed by atoms with Crippen LogP contribution in [0.2, 0.25) is 10.0 Å². The molecule has 0 bridgehead atoms. The number of piperidine rings is 1. The molecule has 3 N–H and O–H groups in total. The first kappa shape index (κ1) is 20.5. The standard InChI is InChI=1S/C23H25Cl2N5O/c1-28-8-5-14(6-9-28)17-13-27-19-11-15-7-10-29(21(15)12-16(17)19)30(23(26)31)20-4-2-3-18(24)22(20)25/h2-4,11-14,27H,5-10H2,1H3,(H2,26,31). The number of carbonyl (C=O) groups excluding carboxylic acids is 1. The van der Waals surface area contributed by atoms with Gasteiger partial charge in [-0.1, -0.05) is 29.3 Å². The number of hydrogen-bond acceptors (Lipinski definition) is 3. The predicted molar refractivity (Wildman–Crippen MR) is 127 cm³/mol. The van der Waals surface area contributed by atoms with Gasteiger partial charge in [0.15, 0.2) is 0 Å². The van der Waals surface area contributed by atoms with E-state index in [-0.39, 0.29) is 0 Å². The number of carbonyl (C=O) groups is 1. The number of urea groups is 1. The Morgan fingerprint density at radius 1 is 1.19 bits per heavy atom. The molecular formula is C23H25Cl2N5O. The van der Waals surface area contributed by atoms with Crippen molar-refractivity contribution < 1.29 is 4.79 Å². The van der Waals surface area contributed by atoms with Gasteiger partial charge in [0.1, 0.15) is 0 Å². The number of aromatic amines is 1. The van der Waals surface area contributed by atoms with E-state index in [1.54, 1.807) is 18.2 Å². The number of fused-ring (bicyclic) bond motifs is 2. The molecule has 5 rings (SSSR count). The van der Waals surface area contributed by atoms with E-state index in [1.165, 1.54) is 21.5 Å². The molecule has 2 amide bonds. The number of amides is 2. The van der Waals surface area contributed by atoms with Crippen LogP contribution in [0.15, 0.2) is 36.5 Å². The van der Waals surface area contributed by atoms with Crippen molar-refractivity contribution in [2.45, 2.75) is 25.2 Å². The SMILES string of the molecule is CN1CCC(c2c[nH]c3cc4c(cc23)N(N(C(N)=O)c2cccc(Cl)c2Cl)CC4)CC1. The number of primary amides is 1. The van der Waals surface area contributed by atoms with E-state index >= 15 is 0 Å².